The van der Waals surface area contributed by atoms with Crippen molar-refractivity contribution < 1.29 is 0 Å². The lowest BCUT2D eigenvalue weighted by atomic mass is 9.90. The number of rotatable bonds is 4. The molecule has 0 saturated carbocycles. The summed E-state index contributed by atoms with van der Waals surface area (Å²) < 4.78 is 0. The number of nitrogens with zero attached hydrogens (tertiary/aromatic N) is 1. The average Bonchev–Trinajstić information content (AvgIpc) is 2.29. The Morgan fingerprint density at radius 2 is 2.18 bits per heavy atom. The fraction of sp³-hybridized carbons (Fsp3) is 0.867. The number of hydrogen-bond donors (Lipinski definition) is 1. The number of piperazine rings is 1. The van der Waals surface area contributed by atoms with Gasteiger partial charge in [0.25, 0.3) is 0 Å². The van der Waals surface area contributed by atoms with Crippen LogP contribution in [0.15, 0.2) is 0 Å². The highest BCUT2D eigenvalue weighted by Crippen LogP contribution is 2.22. The molecule has 0 aromatic rings. The van der Waals surface area contributed by atoms with Gasteiger partial charge in [0, 0.05) is 37.6 Å². The van der Waals surface area contributed by atoms with Crippen molar-refractivity contribution in [3.8, 4) is 11.8 Å². The molecule has 2 nitrogen and oxygen atoms in total. The van der Waals surface area contributed by atoms with Crippen LogP contribution in [0.1, 0.15) is 47.5 Å². The van der Waals surface area contributed by atoms with Crippen molar-refractivity contribution in [2.24, 2.45) is 5.92 Å². The summed E-state index contributed by atoms with van der Waals surface area (Å²) in [6.07, 6.45) is 2.19. The number of hydrogen-bond acceptors (Lipinski definition) is 2. The smallest absolute Gasteiger partial charge is 0.0278 e. The second kappa shape index (κ2) is 6.42. The molecule has 0 aromatic heterocycles. The molecule has 1 aliphatic rings. The first-order valence-corrected chi connectivity index (χ1v) is 6.91. The molecule has 0 spiro atoms. The molecule has 0 amide bonds. The fourth-order valence-corrected chi connectivity index (χ4v) is 2.56. The molecule has 0 bridgehead atoms. The van der Waals surface area contributed by atoms with E-state index < -0.39 is 0 Å². The molecule has 1 heterocycles. The monoisotopic (exact) mass is 236 g/mol. The minimum atomic E-state index is 0.283. The van der Waals surface area contributed by atoms with Gasteiger partial charge in [-0.15, -0.1) is 11.8 Å². The lowest BCUT2D eigenvalue weighted by Gasteiger charge is -2.47. The van der Waals surface area contributed by atoms with E-state index in [1.807, 2.05) is 6.92 Å². The highest BCUT2D eigenvalue weighted by Gasteiger charge is 2.35. The summed E-state index contributed by atoms with van der Waals surface area (Å²) in [7, 11) is 0. The predicted molar refractivity (Wildman–Crippen MR) is 75.0 cm³/mol. The first-order chi connectivity index (χ1) is 8.02. The van der Waals surface area contributed by atoms with Crippen LogP contribution in [0.25, 0.3) is 0 Å². The Morgan fingerprint density at radius 3 is 2.71 bits per heavy atom. The van der Waals surface area contributed by atoms with Gasteiger partial charge in [-0.2, -0.15) is 0 Å². The normalized spacial score (nSPS) is 30.1. The zero-order valence-corrected chi connectivity index (χ0v) is 12.1. The van der Waals surface area contributed by atoms with E-state index in [0.29, 0.717) is 12.0 Å². The molecule has 0 aromatic carbocycles. The molecule has 17 heavy (non-hydrogen) atoms. The summed E-state index contributed by atoms with van der Waals surface area (Å²) >= 11 is 0. The summed E-state index contributed by atoms with van der Waals surface area (Å²) in [6.45, 7) is 14.5. The standard InChI is InChI=1S/C15H28N2/c1-6-8-9-10-17-12-15(5,7-2)16-11-14(17)13(3)4/h13-14,16H,7,9-12H2,1-5H3. The van der Waals surface area contributed by atoms with Crippen LogP contribution in [0.3, 0.4) is 0 Å². The van der Waals surface area contributed by atoms with Gasteiger partial charge in [-0.25, -0.2) is 0 Å². The minimum absolute atomic E-state index is 0.283. The van der Waals surface area contributed by atoms with Crippen LogP contribution in [0.2, 0.25) is 0 Å². The Balaban J connectivity index is 2.64. The highest BCUT2D eigenvalue weighted by molar-refractivity contribution is 4.99. The van der Waals surface area contributed by atoms with Crippen molar-refractivity contribution in [1.82, 2.24) is 10.2 Å². The summed E-state index contributed by atoms with van der Waals surface area (Å²) in [5.74, 6) is 6.89. The largest absolute Gasteiger partial charge is 0.309 e. The number of nitrogens with one attached hydrogen (secondary N) is 1. The average molecular weight is 236 g/mol. The Bertz CT molecular complexity index is 287. The van der Waals surface area contributed by atoms with Crippen molar-refractivity contribution >= 4 is 0 Å². The molecule has 1 saturated heterocycles. The van der Waals surface area contributed by atoms with E-state index in [0.717, 1.165) is 26.1 Å². The second-order valence-electron chi connectivity index (χ2n) is 5.75. The van der Waals surface area contributed by atoms with Crippen molar-refractivity contribution in [3.63, 3.8) is 0 Å². The quantitative estimate of drug-likeness (QED) is 0.755. The summed E-state index contributed by atoms with van der Waals surface area (Å²) in [6, 6.07) is 0.660. The van der Waals surface area contributed by atoms with Gasteiger partial charge < -0.3 is 5.32 Å². The molecule has 1 N–H and O–H groups in total. The third-order valence-electron chi connectivity index (χ3n) is 4.01. The van der Waals surface area contributed by atoms with Gasteiger partial charge >= 0.3 is 0 Å². The van der Waals surface area contributed by atoms with Gasteiger partial charge in [0.1, 0.15) is 0 Å². The maximum Gasteiger partial charge on any atom is 0.0278 e. The van der Waals surface area contributed by atoms with Crippen LogP contribution in [-0.2, 0) is 0 Å². The van der Waals surface area contributed by atoms with Crippen molar-refractivity contribution in [1.29, 1.82) is 0 Å². The van der Waals surface area contributed by atoms with Crippen LogP contribution in [0.4, 0.5) is 0 Å². The molecule has 2 atom stereocenters. The Kier molecular flexibility index (Phi) is 5.49. The van der Waals surface area contributed by atoms with Gasteiger partial charge in [-0.1, -0.05) is 20.8 Å². The van der Waals surface area contributed by atoms with Crippen molar-refractivity contribution in [2.45, 2.75) is 59.0 Å². The Hall–Kier alpha value is -0.520. The molecule has 0 radical (unpaired) electrons. The minimum Gasteiger partial charge on any atom is -0.309 e. The molecule has 2 heteroatoms. The first-order valence-electron chi connectivity index (χ1n) is 6.91. The van der Waals surface area contributed by atoms with Crippen LogP contribution >= 0.6 is 0 Å². The summed E-state index contributed by atoms with van der Waals surface area (Å²) in [5, 5.41) is 3.72. The maximum atomic E-state index is 3.72. The summed E-state index contributed by atoms with van der Waals surface area (Å²) in [5.41, 5.74) is 0.283. The van der Waals surface area contributed by atoms with E-state index in [4.69, 9.17) is 0 Å². The zero-order chi connectivity index (χ0) is 12.9. The third kappa shape index (κ3) is 4.01. The van der Waals surface area contributed by atoms with E-state index in [2.05, 4.69) is 49.8 Å². The van der Waals surface area contributed by atoms with E-state index >= 15 is 0 Å². The fourth-order valence-electron chi connectivity index (χ4n) is 2.56. The summed E-state index contributed by atoms with van der Waals surface area (Å²) in [4.78, 5) is 2.63. The topological polar surface area (TPSA) is 15.3 Å². The maximum absolute atomic E-state index is 3.72. The van der Waals surface area contributed by atoms with E-state index in [9.17, 15) is 0 Å². The van der Waals surface area contributed by atoms with Crippen LogP contribution in [0, 0.1) is 17.8 Å². The molecule has 1 aliphatic heterocycles. The van der Waals surface area contributed by atoms with Crippen molar-refractivity contribution in [3.05, 3.63) is 0 Å². The zero-order valence-electron chi connectivity index (χ0n) is 12.1. The van der Waals surface area contributed by atoms with Crippen LogP contribution < -0.4 is 5.32 Å². The SMILES string of the molecule is CC#CCCN1CC(C)(CC)NCC1C(C)C. The van der Waals surface area contributed by atoms with E-state index in [1.165, 1.54) is 6.42 Å². The van der Waals surface area contributed by atoms with E-state index in [-0.39, 0.29) is 5.54 Å². The molecule has 1 rings (SSSR count). The Labute approximate surface area is 107 Å². The predicted octanol–water partition coefficient (Wildman–Crippen LogP) is 2.50. The molecule has 0 aliphatic carbocycles. The van der Waals surface area contributed by atoms with Gasteiger partial charge in [0.05, 0.1) is 0 Å². The molecule has 2 unspecified atom stereocenters. The lowest BCUT2D eigenvalue weighted by Crippen LogP contribution is -2.63. The molecular weight excluding hydrogens is 208 g/mol. The van der Waals surface area contributed by atoms with Crippen LogP contribution in [-0.4, -0.2) is 36.1 Å². The third-order valence-corrected chi connectivity index (χ3v) is 4.01. The molecular formula is C15H28N2. The van der Waals surface area contributed by atoms with Gasteiger partial charge in [-0.3, -0.25) is 4.90 Å². The second-order valence-corrected chi connectivity index (χ2v) is 5.75. The Morgan fingerprint density at radius 1 is 1.47 bits per heavy atom. The highest BCUT2D eigenvalue weighted by atomic mass is 15.3. The van der Waals surface area contributed by atoms with E-state index in [1.54, 1.807) is 0 Å². The van der Waals surface area contributed by atoms with Crippen LogP contribution in [0.5, 0.6) is 0 Å². The van der Waals surface area contributed by atoms with Gasteiger partial charge in [0.15, 0.2) is 0 Å². The first kappa shape index (κ1) is 14.5. The van der Waals surface area contributed by atoms with Gasteiger partial charge in [0.2, 0.25) is 0 Å². The lowest BCUT2D eigenvalue weighted by molar-refractivity contribution is 0.0623. The molecule has 98 valence electrons. The van der Waals surface area contributed by atoms with Gasteiger partial charge in [-0.05, 0) is 26.2 Å². The molecule has 1 fully saturated rings. The van der Waals surface area contributed by atoms with Crippen molar-refractivity contribution in [2.75, 3.05) is 19.6 Å².